The van der Waals surface area contributed by atoms with Crippen LogP contribution in [0.1, 0.15) is 31.1 Å². The van der Waals surface area contributed by atoms with Gasteiger partial charge in [-0.15, -0.1) is 0 Å². The molecule has 0 radical (unpaired) electrons. The highest BCUT2D eigenvalue weighted by atomic mass is 79.9. The summed E-state index contributed by atoms with van der Waals surface area (Å²) in [5.74, 6) is 0.217. The van der Waals surface area contributed by atoms with E-state index in [-0.39, 0.29) is 23.1 Å². The number of hydrogen-bond donors (Lipinski definition) is 1. The lowest BCUT2D eigenvalue weighted by Gasteiger charge is -2.31. The fourth-order valence-corrected chi connectivity index (χ4v) is 4.65. The fraction of sp³-hybridized carbons (Fsp3) is 0.360. The molecule has 6 nitrogen and oxygen atoms in total. The summed E-state index contributed by atoms with van der Waals surface area (Å²) in [6, 6.07) is 10.7. The summed E-state index contributed by atoms with van der Waals surface area (Å²) in [5, 5.41) is 11.0. The average Bonchev–Trinajstić information content (AvgIpc) is 2.77. The minimum Gasteiger partial charge on any atom is -0.507 e. The lowest BCUT2D eigenvalue weighted by atomic mass is 9.97. The Kier molecular flexibility index (Phi) is 6.67. The molecule has 7 heteroatoms. The summed E-state index contributed by atoms with van der Waals surface area (Å²) >= 11 is 3.42. The van der Waals surface area contributed by atoms with E-state index in [1.54, 1.807) is 26.0 Å². The Bertz CT molecular complexity index is 1200. The van der Waals surface area contributed by atoms with Crippen LogP contribution in [-0.2, 0) is 16.1 Å². The van der Waals surface area contributed by atoms with E-state index in [1.807, 2.05) is 24.3 Å². The molecule has 2 aromatic carbocycles. The number of halogens is 1. The summed E-state index contributed by atoms with van der Waals surface area (Å²) < 4.78 is 12.3. The molecule has 0 spiro atoms. The number of phenolic OH excluding ortho intramolecular Hbond substituents is 1. The van der Waals surface area contributed by atoms with Gasteiger partial charge in [0.1, 0.15) is 17.1 Å². The van der Waals surface area contributed by atoms with Gasteiger partial charge in [-0.2, -0.15) is 0 Å². The molecule has 2 heterocycles. The highest BCUT2D eigenvalue weighted by molar-refractivity contribution is 9.10. The van der Waals surface area contributed by atoms with Crippen LogP contribution >= 0.6 is 15.9 Å². The largest absolute Gasteiger partial charge is 0.507 e. The molecule has 1 aromatic heterocycles. The predicted octanol–water partition coefficient (Wildman–Crippen LogP) is 5.01. The fourth-order valence-electron chi connectivity index (χ4n) is 4.39. The third-order valence-corrected chi connectivity index (χ3v) is 6.48. The molecule has 1 fully saturated rings. The first-order valence-corrected chi connectivity index (χ1v) is 11.6. The quantitative estimate of drug-likeness (QED) is 0.496. The molecule has 1 atom stereocenters. The molecule has 0 aliphatic carbocycles. The third kappa shape index (κ3) is 4.45. The molecule has 1 saturated heterocycles. The minimum atomic E-state index is -0.182. The van der Waals surface area contributed by atoms with Gasteiger partial charge in [-0.1, -0.05) is 28.1 Å². The molecule has 168 valence electrons. The SMILES string of the molecule is CCOC(=O)C1CCCN(Cc2c(O)ccc3c(=O)c(-c4ccc(Br)cc4)c(C)oc23)C1. The van der Waals surface area contributed by atoms with Crippen LogP contribution in [0.15, 0.2) is 50.1 Å². The maximum absolute atomic E-state index is 13.4. The number of aromatic hydroxyl groups is 1. The van der Waals surface area contributed by atoms with Crippen molar-refractivity contribution in [1.82, 2.24) is 4.90 Å². The molecule has 0 bridgehead atoms. The van der Waals surface area contributed by atoms with Crippen LogP contribution in [0.3, 0.4) is 0 Å². The van der Waals surface area contributed by atoms with E-state index < -0.39 is 0 Å². The van der Waals surface area contributed by atoms with Crippen molar-refractivity contribution < 1.29 is 19.1 Å². The first kappa shape index (κ1) is 22.6. The number of esters is 1. The minimum absolute atomic E-state index is 0.0784. The second kappa shape index (κ2) is 9.46. The van der Waals surface area contributed by atoms with Crippen LogP contribution in [0.2, 0.25) is 0 Å². The lowest BCUT2D eigenvalue weighted by Crippen LogP contribution is -2.39. The van der Waals surface area contributed by atoms with E-state index in [0.29, 0.717) is 47.6 Å². The number of aryl methyl sites for hydroxylation is 1. The Hall–Kier alpha value is -2.64. The predicted molar refractivity (Wildman–Crippen MR) is 127 cm³/mol. The average molecular weight is 500 g/mol. The molecular formula is C25H26BrNO5. The van der Waals surface area contributed by atoms with Gasteiger partial charge in [-0.05, 0) is 63.1 Å². The zero-order valence-electron chi connectivity index (χ0n) is 18.2. The number of carbonyl (C=O) groups is 1. The van der Waals surface area contributed by atoms with Crippen molar-refractivity contribution in [1.29, 1.82) is 0 Å². The monoisotopic (exact) mass is 499 g/mol. The summed E-state index contributed by atoms with van der Waals surface area (Å²) in [6.45, 7) is 5.67. The standard InChI is InChI=1S/C25H26BrNO5/c1-3-31-25(30)17-5-4-12-27(13-17)14-20-21(28)11-10-19-23(29)22(15(2)32-24(19)20)16-6-8-18(26)9-7-16/h6-11,17,28H,3-5,12-14H2,1-2H3. The summed E-state index contributed by atoms with van der Waals surface area (Å²) in [7, 11) is 0. The normalized spacial score (nSPS) is 16.9. The smallest absolute Gasteiger partial charge is 0.310 e. The third-order valence-electron chi connectivity index (χ3n) is 5.95. The topological polar surface area (TPSA) is 80.0 Å². The van der Waals surface area contributed by atoms with Gasteiger partial charge in [0.2, 0.25) is 5.43 Å². The van der Waals surface area contributed by atoms with Gasteiger partial charge in [0, 0.05) is 17.6 Å². The number of likely N-dealkylation sites (tertiary alicyclic amines) is 1. The number of piperidine rings is 1. The second-order valence-electron chi connectivity index (χ2n) is 8.14. The van der Waals surface area contributed by atoms with Gasteiger partial charge in [0.25, 0.3) is 0 Å². The molecule has 1 aliphatic rings. The molecule has 1 N–H and O–H groups in total. The maximum Gasteiger partial charge on any atom is 0.310 e. The van der Waals surface area contributed by atoms with Crippen molar-refractivity contribution in [3.8, 4) is 16.9 Å². The summed E-state index contributed by atoms with van der Waals surface area (Å²) in [6.07, 6.45) is 1.66. The molecule has 0 saturated carbocycles. The zero-order chi connectivity index (χ0) is 22.8. The number of nitrogens with zero attached hydrogens (tertiary/aromatic N) is 1. The Morgan fingerprint density at radius 3 is 2.72 bits per heavy atom. The van der Waals surface area contributed by atoms with Crippen molar-refractivity contribution in [2.75, 3.05) is 19.7 Å². The highest BCUT2D eigenvalue weighted by Crippen LogP contribution is 2.32. The number of hydrogen-bond acceptors (Lipinski definition) is 6. The van der Waals surface area contributed by atoms with Gasteiger partial charge in [0.05, 0.1) is 29.0 Å². The van der Waals surface area contributed by atoms with E-state index in [9.17, 15) is 14.7 Å². The Labute approximate surface area is 194 Å². The number of fused-ring (bicyclic) bond motifs is 1. The number of rotatable bonds is 5. The molecule has 3 aromatic rings. The van der Waals surface area contributed by atoms with E-state index in [1.165, 1.54) is 0 Å². The molecule has 4 rings (SSSR count). The highest BCUT2D eigenvalue weighted by Gasteiger charge is 2.28. The van der Waals surface area contributed by atoms with Gasteiger partial charge in [-0.3, -0.25) is 14.5 Å². The molecule has 32 heavy (non-hydrogen) atoms. The van der Waals surface area contributed by atoms with Crippen LogP contribution in [0.25, 0.3) is 22.1 Å². The van der Waals surface area contributed by atoms with E-state index in [2.05, 4.69) is 20.8 Å². The first-order chi connectivity index (χ1) is 15.4. The van der Waals surface area contributed by atoms with E-state index in [4.69, 9.17) is 9.15 Å². The second-order valence-corrected chi connectivity index (χ2v) is 9.05. The number of phenols is 1. The number of ether oxygens (including phenoxy) is 1. The number of carbonyl (C=O) groups excluding carboxylic acids is 1. The van der Waals surface area contributed by atoms with Gasteiger partial charge < -0.3 is 14.3 Å². The Morgan fingerprint density at radius 1 is 1.25 bits per heavy atom. The van der Waals surface area contributed by atoms with Crippen LogP contribution in [0, 0.1) is 12.8 Å². The summed E-state index contributed by atoms with van der Waals surface area (Å²) in [4.78, 5) is 27.7. The molecule has 1 aliphatic heterocycles. The van der Waals surface area contributed by atoms with Crippen LogP contribution in [0.4, 0.5) is 0 Å². The van der Waals surface area contributed by atoms with Gasteiger partial charge in [0.15, 0.2) is 0 Å². The molecule has 0 amide bonds. The van der Waals surface area contributed by atoms with Crippen molar-refractivity contribution in [2.45, 2.75) is 33.2 Å². The molecule has 1 unspecified atom stereocenters. The molecular weight excluding hydrogens is 474 g/mol. The van der Waals surface area contributed by atoms with Crippen molar-refractivity contribution >= 4 is 32.9 Å². The van der Waals surface area contributed by atoms with E-state index >= 15 is 0 Å². The number of benzene rings is 2. The first-order valence-electron chi connectivity index (χ1n) is 10.8. The van der Waals surface area contributed by atoms with Crippen molar-refractivity contribution in [2.24, 2.45) is 5.92 Å². The van der Waals surface area contributed by atoms with Gasteiger partial charge >= 0.3 is 5.97 Å². The Morgan fingerprint density at radius 2 is 2.00 bits per heavy atom. The van der Waals surface area contributed by atoms with Crippen LogP contribution < -0.4 is 5.43 Å². The van der Waals surface area contributed by atoms with Crippen molar-refractivity contribution in [3.05, 3.63) is 62.4 Å². The van der Waals surface area contributed by atoms with Crippen LogP contribution in [-0.4, -0.2) is 35.7 Å². The maximum atomic E-state index is 13.4. The Balaban J connectivity index is 1.71. The van der Waals surface area contributed by atoms with Crippen LogP contribution in [0.5, 0.6) is 5.75 Å². The summed E-state index contributed by atoms with van der Waals surface area (Å²) in [5.41, 5.74) is 2.13. The lowest BCUT2D eigenvalue weighted by molar-refractivity contribution is -0.150. The van der Waals surface area contributed by atoms with Crippen molar-refractivity contribution in [3.63, 3.8) is 0 Å². The van der Waals surface area contributed by atoms with Gasteiger partial charge in [-0.25, -0.2) is 0 Å². The zero-order valence-corrected chi connectivity index (χ0v) is 19.8. The van der Waals surface area contributed by atoms with E-state index in [0.717, 1.165) is 29.4 Å².